The van der Waals surface area contributed by atoms with Crippen molar-refractivity contribution in [3.8, 4) is 5.75 Å². The number of carbonyl (C=O) groups excluding carboxylic acids is 1. The van der Waals surface area contributed by atoms with Gasteiger partial charge in [0.05, 0.1) is 23.4 Å². The van der Waals surface area contributed by atoms with Crippen LogP contribution in [0.5, 0.6) is 5.75 Å². The number of nitrogens with one attached hydrogen (secondary N) is 2. The summed E-state index contributed by atoms with van der Waals surface area (Å²) in [7, 11) is 0. The molecule has 1 aliphatic rings. The largest absolute Gasteiger partial charge is 0.491 e. The number of aliphatic carboxylic acids is 1. The zero-order chi connectivity index (χ0) is 19.3. The third-order valence-corrected chi connectivity index (χ3v) is 4.58. The standard InChI is InChI=1S/C18H26ClN3O4/c1-4-22(10-17(23)24)13-7-12(8-13)20-18(25)21-16-6-5-14(9-15(16)19)26-11(2)3/h5-6,9,11-13H,4,7-8,10H2,1-3H3,(H,23,24)(H2,20,21,25). The van der Waals surface area contributed by atoms with Crippen LogP contribution in [0.4, 0.5) is 10.5 Å². The molecule has 0 aromatic heterocycles. The van der Waals surface area contributed by atoms with Crippen molar-refractivity contribution in [2.45, 2.75) is 51.8 Å². The number of halogens is 1. The number of hydrogen-bond donors (Lipinski definition) is 3. The highest BCUT2D eigenvalue weighted by Crippen LogP contribution is 2.28. The van der Waals surface area contributed by atoms with E-state index < -0.39 is 5.97 Å². The van der Waals surface area contributed by atoms with Gasteiger partial charge in [-0.05, 0) is 45.4 Å². The normalized spacial score (nSPS) is 19.2. The Morgan fingerprint density at radius 2 is 2.08 bits per heavy atom. The first-order valence-corrected chi connectivity index (χ1v) is 9.15. The second-order valence-electron chi connectivity index (χ2n) is 6.69. The highest BCUT2D eigenvalue weighted by atomic mass is 35.5. The Bertz CT molecular complexity index is 647. The molecule has 1 saturated carbocycles. The topological polar surface area (TPSA) is 90.9 Å². The first-order valence-electron chi connectivity index (χ1n) is 8.78. The van der Waals surface area contributed by atoms with E-state index in [0.717, 1.165) is 12.8 Å². The van der Waals surface area contributed by atoms with Gasteiger partial charge in [-0.15, -0.1) is 0 Å². The van der Waals surface area contributed by atoms with E-state index in [9.17, 15) is 9.59 Å². The maximum atomic E-state index is 12.1. The Balaban J connectivity index is 1.80. The molecule has 0 radical (unpaired) electrons. The van der Waals surface area contributed by atoms with Crippen LogP contribution < -0.4 is 15.4 Å². The number of carboxylic acid groups (broad SMARTS) is 1. The molecule has 7 nitrogen and oxygen atoms in total. The van der Waals surface area contributed by atoms with Gasteiger partial charge in [-0.2, -0.15) is 0 Å². The van der Waals surface area contributed by atoms with Crippen molar-refractivity contribution in [1.29, 1.82) is 0 Å². The summed E-state index contributed by atoms with van der Waals surface area (Å²) in [5.74, 6) is -0.184. The molecule has 2 amide bonds. The lowest BCUT2D eigenvalue weighted by Gasteiger charge is -2.42. The molecule has 0 heterocycles. The van der Waals surface area contributed by atoms with E-state index in [1.807, 2.05) is 25.7 Å². The van der Waals surface area contributed by atoms with Gasteiger partial charge in [0, 0.05) is 18.2 Å². The summed E-state index contributed by atoms with van der Waals surface area (Å²) in [4.78, 5) is 24.9. The quantitative estimate of drug-likeness (QED) is 0.641. The predicted octanol–water partition coefficient (Wildman–Crippen LogP) is 3.19. The number of nitrogens with zero attached hydrogens (tertiary/aromatic N) is 1. The van der Waals surface area contributed by atoms with Crippen LogP contribution >= 0.6 is 11.6 Å². The summed E-state index contributed by atoms with van der Waals surface area (Å²) in [6.45, 7) is 6.49. The van der Waals surface area contributed by atoms with Gasteiger partial charge in [0.25, 0.3) is 0 Å². The van der Waals surface area contributed by atoms with Crippen LogP contribution in [0.25, 0.3) is 0 Å². The number of likely N-dealkylation sites (N-methyl/N-ethyl adjacent to an activating group) is 1. The third kappa shape index (κ3) is 5.78. The molecule has 1 fully saturated rings. The van der Waals surface area contributed by atoms with Gasteiger partial charge in [0.2, 0.25) is 0 Å². The summed E-state index contributed by atoms with van der Waals surface area (Å²) in [6.07, 6.45) is 1.52. The number of rotatable bonds is 8. The van der Waals surface area contributed by atoms with Crippen LogP contribution in [-0.4, -0.2) is 53.3 Å². The molecule has 26 heavy (non-hydrogen) atoms. The highest BCUT2D eigenvalue weighted by molar-refractivity contribution is 6.33. The van der Waals surface area contributed by atoms with Crippen molar-refractivity contribution in [3.05, 3.63) is 23.2 Å². The molecule has 0 spiro atoms. The van der Waals surface area contributed by atoms with Crippen LogP contribution in [-0.2, 0) is 4.79 Å². The minimum Gasteiger partial charge on any atom is -0.491 e. The smallest absolute Gasteiger partial charge is 0.319 e. The number of carboxylic acids is 1. The number of urea groups is 1. The Hall–Kier alpha value is -1.99. The molecule has 1 aromatic rings. The molecular formula is C18H26ClN3O4. The molecule has 0 saturated heterocycles. The van der Waals surface area contributed by atoms with Gasteiger partial charge in [-0.25, -0.2) is 4.79 Å². The van der Waals surface area contributed by atoms with E-state index in [1.165, 1.54) is 0 Å². The first kappa shape index (κ1) is 20.3. The Morgan fingerprint density at radius 3 is 2.62 bits per heavy atom. The Labute approximate surface area is 158 Å². The lowest BCUT2D eigenvalue weighted by molar-refractivity contribution is -0.139. The van der Waals surface area contributed by atoms with Crippen LogP contribution in [0.3, 0.4) is 0 Å². The lowest BCUT2D eigenvalue weighted by Crippen LogP contribution is -2.55. The van der Waals surface area contributed by atoms with E-state index in [4.69, 9.17) is 21.4 Å². The fourth-order valence-electron chi connectivity index (χ4n) is 2.96. The number of carbonyl (C=O) groups is 2. The van der Waals surface area contributed by atoms with Gasteiger partial charge in [-0.1, -0.05) is 18.5 Å². The van der Waals surface area contributed by atoms with Crippen molar-refractivity contribution >= 4 is 29.3 Å². The van der Waals surface area contributed by atoms with Crippen molar-refractivity contribution in [2.75, 3.05) is 18.4 Å². The summed E-state index contributed by atoms with van der Waals surface area (Å²) >= 11 is 6.19. The summed E-state index contributed by atoms with van der Waals surface area (Å²) in [6, 6.07) is 5.03. The molecule has 1 aliphatic carbocycles. The maximum absolute atomic E-state index is 12.1. The average molecular weight is 384 g/mol. The molecule has 0 bridgehead atoms. The molecule has 0 atom stereocenters. The van der Waals surface area contributed by atoms with Crippen molar-refractivity contribution in [3.63, 3.8) is 0 Å². The van der Waals surface area contributed by atoms with Crippen molar-refractivity contribution in [2.24, 2.45) is 0 Å². The lowest BCUT2D eigenvalue weighted by atomic mass is 9.85. The molecule has 144 valence electrons. The number of ether oxygens (including phenoxy) is 1. The summed E-state index contributed by atoms with van der Waals surface area (Å²) in [5.41, 5.74) is 0.511. The predicted molar refractivity (Wildman–Crippen MR) is 101 cm³/mol. The van der Waals surface area contributed by atoms with Crippen LogP contribution in [0.15, 0.2) is 18.2 Å². The maximum Gasteiger partial charge on any atom is 0.319 e. The summed E-state index contributed by atoms with van der Waals surface area (Å²) < 4.78 is 5.56. The zero-order valence-electron chi connectivity index (χ0n) is 15.3. The molecule has 8 heteroatoms. The fraction of sp³-hybridized carbons (Fsp3) is 0.556. The van der Waals surface area contributed by atoms with E-state index in [0.29, 0.717) is 23.0 Å². The van der Waals surface area contributed by atoms with Crippen molar-refractivity contribution < 1.29 is 19.4 Å². The van der Waals surface area contributed by atoms with Crippen LogP contribution in [0, 0.1) is 0 Å². The number of hydrogen-bond acceptors (Lipinski definition) is 4. The molecule has 3 N–H and O–H groups in total. The Morgan fingerprint density at radius 1 is 1.38 bits per heavy atom. The van der Waals surface area contributed by atoms with Crippen LogP contribution in [0.2, 0.25) is 5.02 Å². The van der Waals surface area contributed by atoms with Crippen molar-refractivity contribution in [1.82, 2.24) is 10.2 Å². The zero-order valence-corrected chi connectivity index (χ0v) is 16.0. The van der Waals surface area contributed by atoms with Gasteiger partial charge in [0.1, 0.15) is 5.75 Å². The second kappa shape index (κ2) is 9.09. The molecule has 0 aliphatic heterocycles. The molecule has 2 rings (SSSR count). The van der Waals surface area contributed by atoms with Crippen LogP contribution in [0.1, 0.15) is 33.6 Å². The number of benzene rings is 1. The number of amides is 2. The average Bonchev–Trinajstić information content (AvgIpc) is 2.50. The first-order chi connectivity index (χ1) is 12.3. The second-order valence-corrected chi connectivity index (χ2v) is 7.09. The SMILES string of the molecule is CCN(CC(=O)O)C1CC(NC(=O)Nc2ccc(OC(C)C)cc2Cl)C1. The fourth-order valence-corrected chi connectivity index (χ4v) is 3.18. The van der Waals surface area contributed by atoms with E-state index in [-0.39, 0.29) is 30.8 Å². The highest BCUT2D eigenvalue weighted by Gasteiger charge is 2.34. The minimum absolute atomic E-state index is 0.0283. The molecular weight excluding hydrogens is 358 g/mol. The molecule has 0 unspecified atom stereocenters. The van der Waals surface area contributed by atoms with E-state index in [2.05, 4.69) is 10.6 Å². The van der Waals surface area contributed by atoms with Gasteiger partial charge in [-0.3, -0.25) is 9.69 Å². The number of anilines is 1. The third-order valence-electron chi connectivity index (χ3n) is 4.27. The summed E-state index contributed by atoms with van der Waals surface area (Å²) in [5, 5.41) is 14.9. The minimum atomic E-state index is -0.833. The molecule has 1 aromatic carbocycles. The van der Waals surface area contributed by atoms with E-state index >= 15 is 0 Å². The Kier molecular flexibility index (Phi) is 7.11. The monoisotopic (exact) mass is 383 g/mol. The van der Waals surface area contributed by atoms with Gasteiger partial charge >= 0.3 is 12.0 Å². The van der Waals surface area contributed by atoms with E-state index in [1.54, 1.807) is 18.2 Å². The van der Waals surface area contributed by atoms with Gasteiger partial charge < -0.3 is 20.5 Å². The van der Waals surface area contributed by atoms with Gasteiger partial charge in [0.15, 0.2) is 0 Å².